The maximum Gasteiger partial charge on any atom is 0.0278 e. The molecule has 1 aliphatic carbocycles. The molecule has 3 unspecified atom stereocenters. The molecule has 16 heavy (non-hydrogen) atoms. The van der Waals surface area contributed by atoms with E-state index >= 15 is 0 Å². The van der Waals surface area contributed by atoms with Crippen LogP contribution in [0.2, 0.25) is 0 Å². The monoisotopic (exact) mass is 242 g/mol. The summed E-state index contributed by atoms with van der Waals surface area (Å²) in [7, 11) is 0. The highest BCUT2D eigenvalue weighted by Gasteiger charge is 2.37. The van der Waals surface area contributed by atoms with Gasteiger partial charge in [-0.2, -0.15) is 11.8 Å². The van der Waals surface area contributed by atoms with Gasteiger partial charge in [0.2, 0.25) is 0 Å². The Morgan fingerprint density at radius 2 is 2.25 bits per heavy atom. The first-order valence-electron chi connectivity index (χ1n) is 6.70. The second-order valence-electron chi connectivity index (χ2n) is 5.58. The van der Waals surface area contributed by atoms with Crippen LogP contribution in [0.3, 0.4) is 0 Å². The molecular formula is C13H26N2S. The quantitative estimate of drug-likeness (QED) is 0.818. The zero-order valence-corrected chi connectivity index (χ0v) is 11.8. The summed E-state index contributed by atoms with van der Waals surface area (Å²) in [5.41, 5.74) is 0.351. The van der Waals surface area contributed by atoms with E-state index in [0.717, 1.165) is 11.3 Å². The van der Waals surface area contributed by atoms with Crippen molar-refractivity contribution in [2.24, 2.45) is 0 Å². The maximum absolute atomic E-state index is 3.68. The van der Waals surface area contributed by atoms with Gasteiger partial charge in [0.1, 0.15) is 0 Å². The van der Waals surface area contributed by atoms with E-state index in [1.54, 1.807) is 0 Å². The molecule has 1 saturated heterocycles. The second kappa shape index (κ2) is 5.28. The van der Waals surface area contributed by atoms with Gasteiger partial charge in [0.25, 0.3) is 0 Å². The lowest BCUT2D eigenvalue weighted by atomic mass is 9.94. The lowest BCUT2D eigenvalue weighted by molar-refractivity contribution is 0.102. The van der Waals surface area contributed by atoms with Crippen molar-refractivity contribution in [2.45, 2.75) is 56.4 Å². The molecule has 1 heterocycles. The number of piperazine rings is 1. The van der Waals surface area contributed by atoms with Crippen molar-refractivity contribution >= 4 is 11.8 Å². The number of nitrogens with zero attached hydrogens (tertiary/aromatic N) is 1. The predicted octanol–water partition coefficient (Wildman–Crippen LogP) is 2.34. The highest BCUT2D eigenvalue weighted by Crippen LogP contribution is 2.33. The minimum atomic E-state index is 0.351. The molecule has 2 rings (SSSR count). The van der Waals surface area contributed by atoms with E-state index in [0.29, 0.717) is 5.54 Å². The summed E-state index contributed by atoms with van der Waals surface area (Å²) in [6.45, 7) is 8.34. The Morgan fingerprint density at radius 1 is 1.44 bits per heavy atom. The largest absolute Gasteiger partial charge is 0.309 e. The third-order valence-corrected chi connectivity index (χ3v) is 5.63. The molecule has 3 atom stereocenters. The van der Waals surface area contributed by atoms with Gasteiger partial charge >= 0.3 is 0 Å². The highest BCUT2D eigenvalue weighted by atomic mass is 32.2. The van der Waals surface area contributed by atoms with Crippen LogP contribution in [0, 0.1) is 0 Å². The fourth-order valence-electron chi connectivity index (χ4n) is 3.20. The van der Waals surface area contributed by atoms with E-state index in [1.807, 2.05) is 0 Å². The average molecular weight is 242 g/mol. The molecule has 0 aromatic carbocycles. The van der Waals surface area contributed by atoms with Crippen molar-refractivity contribution < 1.29 is 0 Å². The van der Waals surface area contributed by atoms with Crippen molar-refractivity contribution in [3.05, 3.63) is 0 Å². The first-order chi connectivity index (χ1) is 7.68. The summed E-state index contributed by atoms with van der Waals surface area (Å²) < 4.78 is 0. The lowest BCUT2D eigenvalue weighted by Crippen LogP contribution is -2.61. The Morgan fingerprint density at radius 3 is 2.94 bits per heavy atom. The van der Waals surface area contributed by atoms with E-state index in [2.05, 4.69) is 42.1 Å². The molecule has 0 amide bonds. The molecule has 1 aliphatic heterocycles. The normalized spacial score (nSPS) is 41.4. The van der Waals surface area contributed by atoms with Crippen LogP contribution in [0.1, 0.15) is 39.5 Å². The number of nitrogens with one attached hydrogen (secondary N) is 1. The van der Waals surface area contributed by atoms with Gasteiger partial charge in [-0.05, 0) is 32.4 Å². The molecule has 94 valence electrons. The Labute approximate surface area is 105 Å². The summed E-state index contributed by atoms with van der Waals surface area (Å²) in [5.74, 6) is 0. The standard InChI is InChI=1S/C13H26N2S/c1-4-13(2)10-15(9-8-14-13)11-6-5-7-12(11)16-3/h11-12,14H,4-10H2,1-3H3. The lowest BCUT2D eigenvalue weighted by Gasteiger charge is -2.45. The zero-order chi connectivity index (χ0) is 11.6. The molecule has 3 heteroatoms. The number of rotatable bonds is 3. The van der Waals surface area contributed by atoms with Gasteiger partial charge in [-0.3, -0.25) is 4.90 Å². The first-order valence-corrected chi connectivity index (χ1v) is 7.99. The number of hydrogen-bond donors (Lipinski definition) is 1. The van der Waals surface area contributed by atoms with Gasteiger partial charge in [-0.25, -0.2) is 0 Å². The smallest absolute Gasteiger partial charge is 0.0278 e. The summed E-state index contributed by atoms with van der Waals surface area (Å²) in [5, 5.41) is 4.57. The molecule has 2 aliphatic rings. The van der Waals surface area contributed by atoms with Gasteiger partial charge < -0.3 is 5.32 Å². The second-order valence-corrected chi connectivity index (χ2v) is 6.66. The maximum atomic E-state index is 3.68. The molecule has 0 spiro atoms. The van der Waals surface area contributed by atoms with Crippen molar-refractivity contribution in [1.82, 2.24) is 10.2 Å². The molecule has 1 N–H and O–H groups in total. The van der Waals surface area contributed by atoms with Crippen LogP contribution in [0.25, 0.3) is 0 Å². The van der Waals surface area contributed by atoms with Crippen LogP contribution in [-0.2, 0) is 0 Å². The van der Waals surface area contributed by atoms with Crippen molar-refractivity contribution in [3.63, 3.8) is 0 Å². The molecule has 0 bridgehead atoms. The van der Waals surface area contributed by atoms with Crippen LogP contribution in [0.4, 0.5) is 0 Å². The predicted molar refractivity (Wildman–Crippen MR) is 73.2 cm³/mol. The third kappa shape index (κ3) is 2.57. The van der Waals surface area contributed by atoms with E-state index in [9.17, 15) is 0 Å². The molecule has 2 fully saturated rings. The summed E-state index contributed by atoms with van der Waals surface area (Å²) in [4.78, 5) is 2.76. The topological polar surface area (TPSA) is 15.3 Å². The van der Waals surface area contributed by atoms with Crippen LogP contribution in [0.5, 0.6) is 0 Å². The van der Waals surface area contributed by atoms with E-state index in [1.165, 1.54) is 45.3 Å². The SMILES string of the molecule is CCC1(C)CN(C2CCCC2SC)CCN1. The Kier molecular flexibility index (Phi) is 4.20. The summed E-state index contributed by atoms with van der Waals surface area (Å²) >= 11 is 2.08. The first kappa shape index (κ1) is 12.7. The highest BCUT2D eigenvalue weighted by molar-refractivity contribution is 7.99. The van der Waals surface area contributed by atoms with Crippen LogP contribution in [-0.4, -0.2) is 47.6 Å². The van der Waals surface area contributed by atoms with Crippen molar-refractivity contribution in [3.8, 4) is 0 Å². The molecular weight excluding hydrogens is 216 g/mol. The molecule has 2 nitrogen and oxygen atoms in total. The Balaban J connectivity index is 1.98. The fraction of sp³-hybridized carbons (Fsp3) is 1.00. The van der Waals surface area contributed by atoms with E-state index < -0.39 is 0 Å². The van der Waals surface area contributed by atoms with Gasteiger partial charge in [-0.15, -0.1) is 0 Å². The Hall–Kier alpha value is 0.270. The molecule has 0 aromatic rings. The average Bonchev–Trinajstić information content (AvgIpc) is 2.77. The molecule has 1 saturated carbocycles. The van der Waals surface area contributed by atoms with Crippen LogP contribution >= 0.6 is 11.8 Å². The summed E-state index contributed by atoms with van der Waals surface area (Å²) in [6.07, 6.45) is 7.80. The third-order valence-electron chi connectivity index (χ3n) is 4.47. The van der Waals surface area contributed by atoms with Gasteiger partial charge in [-0.1, -0.05) is 13.3 Å². The van der Waals surface area contributed by atoms with Crippen molar-refractivity contribution in [2.75, 3.05) is 25.9 Å². The van der Waals surface area contributed by atoms with Crippen molar-refractivity contribution in [1.29, 1.82) is 0 Å². The minimum absolute atomic E-state index is 0.351. The molecule has 0 aromatic heterocycles. The van der Waals surface area contributed by atoms with Gasteiger partial charge in [0.15, 0.2) is 0 Å². The Bertz CT molecular complexity index is 234. The number of thioether (sulfide) groups is 1. The van der Waals surface area contributed by atoms with Crippen LogP contribution < -0.4 is 5.32 Å². The molecule has 0 radical (unpaired) electrons. The van der Waals surface area contributed by atoms with E-state index in [-0.39, 0.29) is 0 Å². The minimum Gasteiger partial charge on any atom is -0.309 e. The summed E-state index contributed by atoms with van der Waals surface area (Å²) in [6, 6.07) is 0.850. The fourth-order valence-corrected chi connectivity index (χ4v) is 4.23. The van der Waals surface area contributed by atoms with E-state index in [4.69, 9.17) is 0 Å². The van der Waals surface area contributed by atoms with Crippen LogP contribution in [0.15, 0.2) is 0 Å². The van der Waals surface area contributed by atoms with Gasteiger partial charge in [0, 0.05) is 36.5 Å². The number of hydrogen-bond acceptors (Lipinski definition) is 3. The van der Waals surface area contributed by atoms with Gasteiger partial charge in [0.05, 0.1) is 0 Å². The zero-order valence-electron chi connectivity index (χ0n) is 11.0.